The second-order valence-corrected chi connectivity index (χ2v) is 18.0. The van der Waals surface area contributed by atoms with Crippen molar-refractivity contribution < 1.29 is 48.0 Å². The quantitative estimate of drug-likeness (QED) is 0.0487. The van der Waals surface area contributed by atoms with Gasteiger partial charge in [-0.3, -0.25) is 43.6 Å². The van der Waals surface area contributed by atoms with E-state index < -0.39 is 45.9 Å². The summed E-state index contributed by atoms with van der Waals surface area (Å²) < 4.78 is 30.7. The summed E-state index contributed by atoms with van der Waals surface area (Å²) in [4.78, 5) is 79.1. The lowest BCUT2D eigenvalue weighted by molar-refractivity contribution is -0.139. The summed E-state index contributed by atoms with van der Waals surface area (Å²) in [6, 6.07) is 6.66. The maximum atomic E-state index is 13.9. The number of aromatic nitrogens is 3. The molecule has 1 fully saturated rings. The fraction of sp³-hybridized carbons (Fsp3) is 0.488. The van der Waals surface area contributed by atoms with Gasteiger partial charge in [0.25, 0.3) is 5.91 Å². The SMILES string of the molecule is Cc1cc(C)c(S(=O)(=O)NC(CNC(=O)c2cn(CCCNC(=O)CN3CCN(CO)CCN(CO)CCN(CC(=O)O)CC3)c3cc(CNc4ncc[nH]4)ccc3c2=O)C(=O)O)c(C)c1. The molecule has 1 aliphatic rings. The molecule has 2 aromatic carbocycles. The molecule has 1 saturated heterocycles. The number of carboxylic acid groups (broad SMARTS) is 2. The van der Waals surface area contributed by atoms with Crippen molar-refractivity contribution in [3.8, 4) is 0 Å². The van der Waals surface area contributed by atoms with Gasteiger partial charge in [-0.05, 0) is 56.0 Å². The number of aromatic amines is 1. The minimum absolute atomic E-state index is 0.00201. The predicted molar refractivity (Wildman–Crippen MR) is 244 cm³/mol. The normalized spacial score (nSPS) is 15.7. The topological polar surface area (TPSA) is 295 Å². The monoisotopic (exact) mass is 939 g/mol. The number of nitrogens with one attached hydrogen (secondary N) is 5. The molecule has 0 spiro atoms. The number of hydrogen-bond donors (Lipinski definition) is 9. The smallest absolute Gasteiger partial charge is 0.323 e. The molecule has 3 heterocycles. The molecule has 1 atom stereocenters. The first kappa shape index (κ1) is 51.2. The number of aliphatic hydroxyl groups is 2. The van der Waals surface area contributed by atoms with Crippen molar-refractivity contribution in [2.45, 2.75) is 51.2 Å². The highest BCUT2D eigenvalue weighted by Gasteiger charge is 2.29. The molecule has 360 valence electrons. The van der Waals surface area contributed by atoms with Crippen LogP contribution in [0.5, 0.6) is 0 Å². The van der Waals surface area contributed by atoms with Crippen molar-refractivity contribution in [1.29, 1.82) is 0 Å². The first-order chi connectivity index (χ1) is 31.5. The fourth-order valence-electron chi connectivity index (χ4n) is 7.85. The Morgan fingerprint density at radius 2 is 1.44 bits per heavy atom. The first-order valence-corrected chi connectivity index (χ1v) is 23.1. The molecule has 23 heteroatoms. The molecule has 0 saturated carbocycles. The molecule has 0 aliphatic carbocycles. The number of anilines is 1. The van der Waals surface area contributed by atoms with Gasteiger partial charge in [0.05, 0.1) is 37.0 Å². The number of benzene rings is 2. The standard InChI is InChI=1S/C43H61N11O11S/c1-29-19-30(2)40(31(3)20-29)66(64,65)49-35(42(62)63)23-47-41(61)34-24-54(36-21-32(5-6-33(36)39(34)60)22-48-43-45-8-9-46-43)10-4-7-44-37(57)25-50-11-12-51(26-38(58)59)14-16-53(28-56)18-17-52(27-55)15-13-50/h5-6,8-9,19-21,24,35,49,55-56H,4,7,10-18,22-23,25-28H2,1-3H3,(H,44,57)(H,47,61)(H,58,59)(H,62,63)(H2,45,46,48). The molecule has 9 N–H and O–H groups in total. The van der Waals surface area contributed by atoms with Crippen LogP contribution in [0.15, 0.2) is 58.6 Å². The number of fused-ring (bicyclic) bond motifs is 1. The van der Waals surface area contributed by atoms with Crippen molar-refractivity contribution in [1.82, 2.24) is 49.5 Å². The average molecular weight is 940 g/mol. The predicted octanol–water partition coefficient (Wildman–Crippen LogP) is -0.864. The number of carbonyl (C=O) groups is 4. The molecule has 22 nitrogen and oxygen atoms in total. The van der Waals surface area contributed by atoms with E-state index in [-0.39, 0.29) is 61.4 Å². The van der Waals surface area contributed by atoms with E-state index in [2.05, 4.69) is 30.6 Å². The zero-order valence-electron chi connectivity index (χ0n) is 37.5. The second-order valence-electron chi connectivity index (χ2n) is 16.3. The Bertz CT molecular complexity index is 2460. The van der Waals surface area contributed by atoms with Crippen LogP contribution in [0.25, 0.3) is 10.9 Å². The number of carbonyl (C=O) groups excluding carboxylic acids is 2. The summed E-state index contributed by atoms with van der Waals surface area (Å²) in [5, 5.41) is 47.9. The van der Waals surface area contributed by atoms with Crippen LogP contribution in [-0.4, -0.2) is 185 Å². The first-order valence-electron chi connectivity index (χ1n) is 21.6. The number of amides is 2. The third-order valence-electron chi connectivity index (χ3n) is 11.2. The van der Waals surface area contributed by atoms with Crippen molar-refractivity contribution in [3.05, 3.63) is 87.0 Å². The second kappa shape index (κ2) is 24.1. The van der Waals surface area contributed by atoms with Crippen molar-refractivity contribution >= 4 is 50.6 Å². The van der Waals surface area contributed by atoms with E-state index in [0.29, 0.717) is 87.9 Å². The Kier molecular flexibility index (Phi) is 18.7. The van der Waals surface area contributed by atoms with Crippen LogP contribution in [-0.2, 0) is 37.5 Å². The fourth-order valence-corrected chi connectivity index (χ4v) is 9.49. The number of nitrogens with zero attached hydrogens (tertiary/aromatic N) is 6. The molecule has 0 radical (unpaired) electrons. The van der Waals surface area contributed by atoms with Gasteiger partial charge >= 0.3 is 11.9 Å². The zero-order chi connectivity index (χ0) is 48.0. The minimum Gasteiger partial charge on any atom is -0.480 e. The van der Waals surface area contributed by atoms with Gasteiger partial charge in [0.15, 0.2) is 5.95 Å². The van der Waals surface area contributed by atoms with E-state index in [4.69, 9.17) is 0 Å². The van der Waals surface area contributed by atoms with E-state index in [1.165, 1.54) is 6.20 Å². The summed E-state index contributed by atoms with van der Waals surface area (Å²) in [7, 11) is -4.34. The highest BCUT2D eigenvalue weighted by molar-refractivity contribution is 7.89. The van der Waals surface area contributed by atoms with Gasteiger partial charge in [-0.2, -0.15) is 4.72 Å². The molecular formula is C43H61N11O11S. The van der Waals surface area contributed by atoms with E-state index in [9.17, 15) is 52.8 Å². The van der Waals surface area contributed by atoms with Gasteiger partial charge in [0.1, 0.15) is 11.6 Å². The summed E-state index contributed by atoms with van der Waals surface area (Å²) in [6.45, 7) is 7.77. The number of rotatable bonds is 20. The number of carboxylic acids is 2. The van der Waals surface area contributed by atoms with Crippen LogP contribution in [0, 0.1) is 20.8 Å². The number of aliphatic carboxylic acids is 2. The van der Waals surface area contributed by atoms with Crippen LogP contribution in [0.2, 0.25) is 0 Å². The van der Waals surface area contributed by atoms with Crippen molar-refractivity contribution in [2.24, 2.45) is 0 Å². The molecule has 2 amide bonds. The highest BCUT2D eigenvalue weighted by atomic mass is 32.2. The van der Waals surface area contributed by atoms with Crippen molar-refractivity contribution in [2.75, 3.05) is 97.3 Å². The Labute approximate surface area is 382 Å². The number of pyridine rings is 1. The lowest BCUT2D eigenvalue weighted by atomic mass is 10.1. The average Bonchev–Trinajstić information content (AvgIpc) is 3.79. The van der Waals surface area contributed by atoms with E-state index in [1.54, 1.807) is 75.8 Å². The maximum absolute atomic E-state index is 13.9. The lowest BCUT2D eigenvalue weighted by Crippen LogP contribution is -2.49. The van der Waals surface area contributed by atoms with Gasteiger partial charge in [0, 0.05) is 103 Å². The maximum Gasteiger partial charge on any atom is 0.323 e. The minimum atomic E-state index is -4.34. The number of H-pyrrole nitrogens is 1. The Balaban J connectivity index is 1.30. The number of sulfonamides is 1. The molecule has 66 heavy (non-hydrogen) atoms. The molecule has 5 rings (SSSR count). The Hall–Kier alpha value is -5.79. The molecule has 0 bridgehead atoms. The molecule has 2 aromatic heterocycles. The third-order valence-corrected chi connectivity index (χ3v) is 13.0. The summed E-state index contributed by atoms with van der Waals surface area (Å²) in [5.41, 5.74) is 2.01. The third kappa shape index (κ3) is 14.6. The van der Waals surface area contributed by atoms with E-state index >= 15 is 0 Å². The van der Waals surface area contributed by atoms with Crippen LogP contribution >= 0.6 is 0 Å². The number of imidazole rings is 1. The molecular weight excluding hydrogens is 879 g/mol. The number of aliphatic hydroxyl groups excluding tert-OH is 2. The largest absolute Gasteiger partial charge is 0.480 e. The molecule has 4 aromatic rings. The highest BCUT2D eigenvalue weighted by Crippen LogP contribution is 2.22. The summed E-state index contributed by atoms with van der Waals surface area (Å²) >= 11 is 0. The van der Waals surface area contributed by atoms with Gasteiger partial charge < -0.3 is 45.9 Å². The van der Waals surface area contributed by atoms with E-state index in [0.717, 1.165) is 11.1 Å². The van der Waals surface area contributed by atoms with Crippen LogP contribution in [0.1, 0.15) is 39.0 Å². The van der Waals surface area contributed by atoms with Crippen molar-refractivity contribution in [3.63, 3.8) is 0 Å². The molecule has 1 aliphatic heterocycles. The zero-order valence-corrected chi connectivity index (χ0v) is 38.3. The number of aryl methyl sites for hydroxylation is 4. The molecule has 1 unspecified atom stereocenters. The summed E-state index contributed by atoms with van der Waals surface area (Å²) in [6.07, 6.45) is 4.97. The summed E-state index contributed by atoms with van der Waals surface area (Å²) in [5.74, 6) is -3.21. The number of hydrogen-bond acceptors (Lipinski definition) is 15. The van der Waals surface area contributed by atoms with Gasteiger partial charge in [-0.15, -0.1) is 0 Å². The van der Waals surface area contributed by atoms with Gasteiger partial charge in [-0.25, -0.2) is 13.4 Å². The van der Waals surface area contributed by atoms with Crippen LogP contribution in [0.4, 0.5) is 5.95 Å². The van der Waals surface area contributed by atoms with Crippen LogP contribution in [0.3, 0.4) is 0 Å². The van der Waals surface area contributed by atoms with Gasteiger partial charge in [-0.1, -0.05) is 23.8 Å². The van der Waals surface area contributed by atoms with Gasteiger partial charge in [0.2, 0.25) is 21.4 Å². The van der Waals surface area contributed by atoms with E-state index in [1.807, 2.05) is 11.8 Å². The Morgan fingerprint density at radius 1 is 0.833 bits per heavy atom. The Morgan fingerprint density at radius 3 is 2.00 bits per heavy atom. The van der Waals surface area contributed by atoms with Crippen LogP contribution < -0.4 is 26.1 Å². The lowest BCUT2D eigenvalue weighted by Gasteiger charge is -2.32.